The lowest BCUT2D eigenvalue weighted by atomic mass is 9.68. The number of rotatable bonds is 10. The molecule has 0 aromatic heterocycles. The Balaban J connectivity index is 1.38. The first-order valence-electron chi connectivity index (χ1n) is 12.5. The van der Waals surface area contributed by atoms with E-state index in [1.807, 2.05) is 0 Å². The third-order valence-corrected chi connectivity index (χ3v) is 7.65. The van der Waals surface area contributed by atoms with Crippen molar-refractivity contribution in [2.75, 3.05) is 0 Å². The summed E-state index contributed by atoms with van der Waals surface area (Å²) in [5, 5.41) is 0. The Morgan fingerprint density at radius 2 is 1.44 bits per heavy atom. The van der Waals surface area contributed by atoms with Crippen LogP contribution in [0.25, 0.3) is 0 Å². The van der Waals surface area contributed by atoms with Crippen LogP contribution < -0.4 is 4.74 Å². The van der Waals surface area contributed by atoms with Gasteiger partial charge in [-0.3, -0.25) is 0 Å². The first-order chi connectivity index (χ1) is 15.5. The zero-order valence-corrected chi connectivity index (χ0v) is 19.3. The van der Waals surface area contributed by atoms with Crippen LogP contribution in [-0.4, -0.2) is 6.61 Å². The van der Waals surface area contributed by atoms with Crippen molar-refractivity contribution in [3.63, 3.8) is 0 Å². The van der Waals surface area contributed by atoms with E-state index in [4.69, 9.17) is 0 Å². The summed E-state index contributed by atoms with van der Waals surface area (Å²) in [6.07, 6.45) is 20.2. The summed E-state index contributed by atoms with van der Waals surface area (Å²) in [4.78, 5) is 0. The maximum Gasteiger partial charge on any atom is 0.387 e. The SMILES string of the molecule is CCC/C=C/C[C@H]1CC[C@H]([C@H]2CC[C@H](CCc3cc(F)c(OC(F)F)c(F)c3)CC2)CC1. The normalized spacial score (nSPS) is 26.7. The lowest BCUT2D eigenvalue weighted by molar-refractivity contribution is -0.0546. The van der Waals surface area contributed by atoms with Gasteiger partial charge < -0.3 is 4.74 Å². The van der Waals surface area contributed by atoms with Gasteiger partial charge in [-0.05, 0) is 106 Å². The van der Waals surface area contributed by atoms with Crippen LogP contribution in [0.15, 0.2) is 24.3 Å². The Hall–Kier alpha value is -1.52. The molecule has 2 aliphatic carbocycles. The smallest absolute Gasteiger partial charge is 0.387 e. The Morgan fingerprint density at radius 3 is 1.97 bits per heavy atom. The fraction of sp³-hybridized carbons (Fsp3) is 0.704. The zero-order chi connectivity index (χ0) is 22.9. The van der Waals surface area contributed by atoms with Crippen molar-refractivity contribution in [2.45, 2.75) is 97.0 Å². The van der Waals surface area contributed by atoms with Crippen molar-refractivity contribution in [3.05, 3.63) is 41.5 Å². The van der Waals surface area contributed by atoms with Crippen molar-refractivity contribution in [3.8, 4) is 5.75 Å². The van der Waals surface area contributed by atoms with Gasteiger partial charge in [0.2, 0.25) is 0 Å². The molecule has 0 amide bonds. The molecule has 0 aliphatic heterocycles. The van der Waals surface area contributed by atoms with Crippen molar-refractivity contribution in [1.82, 2.24) is 0 Å². The molecule has 2 aliphatic rings. The molecule has 0 N–H and O–H groups in total. The summed E-state index contributed by atoms with van der Waals surface area (Å²) >= 11 is 0. The van der Waals surface area contributed by atoms with Gasteiger partial charge in [-0.1, -0.05) is 38.3 Å². The summed E-state index contributed by atoms with van der Waals surface area (Å²) in [7, 11) is 0. The number of ether oxygens (including phenoxy) is 1. The molecule has 32 heavy (non-hydrogen) atoms. The molecule has 0 unspecified atom stereocenters. The lowest BCUT2D eigenvalue weighted by Gasteiger charge is -2.38. The first kappa shape index (κ1) is 25.1. The van der Waals surface area contributed by atoms with Gasteiger partial charge in [0.15, 0.2) is 17.4 Å². The number of aryl methyl sites for hydroxylation is 1. The van der Waals surface area contributed by atoms with Crippen molar-refractivity contribution in [1.29, 1.82) is 0 Å². The molecule has 1 nitrogen and oxygen atoms in total. The predicted molar refractivity (Wildman–Crippen MR) is 121 cm³/mol. The molecule has 3 rings (SSSR count). The molecule has 2 fully saturated rings. The number of hydrogen-bond acceptors (Lipinski definition) is 1. The number of alkyl halides is 2. The monoisotopic (exact) mass is 454 g/mol. The topological polar surface area (TPSA) is 9.23 Å². The summed E-state index contributed by atoms with van der Waals surface area (Å²) in [6, 6.07) is 2.25. The van der Waals surface area contributed by atoms with Gasteiger partial charge in [0, 0.05) is 0 Å². The molecular weight excluding hydrogens is 416 g/mol. The Kier molecular flexibility index (Phi) is 9.92. The highest BCUT2D eigenvalue weighted by Gasteiger charge is 2.30. The third-order valence-electron chi connectivity index (χ3n) is 7.65. The summed E-state index contributed by atoms with van der Waals surface area (Å²) in [6.45, 7) is -1.02. The number of hydrogen-bond donors (Lipinski definition) is 0. The number of allylic oxidation sites excluding steroid dienone is 2. The van der Waals surface area contributed by atoms with E-state index in [9.17, 15) is 17.6 Å². The highest BCUT2D eigenvalue weighted by Crippen LogP contribution is 2.43. The highest BCUT2D eigenvalue weighted by atomic mass is 19.3. The minimum absolute atomic E-state index is 0.509. The average Bonchev–Trinajstić information content (AvgIpc) is 2.78. The minimum Gasteiger partial charge on any atom is -0.429 e. The second-order valence-corrected chi connectivity index (χ2v) is 9.86. The second kappa shape index (κ2) is 12.6. The van der Waals surface area contributed by atoms with Gasteiger partial charge in [-0.15, -0.1) is 0 Å². The van der Waals surface area contributed by atoms with Gasteiger partial charge >= 0.3 is 6.61 Å². The van der Waals surface area contributed by atoms with E-state index in [0.717, 1.165) is 36.3 Å². The summed E-state index contributed by atoms with van der Waals surface area (Å²) < 4.78 is 56.3. The van der Waals surface area contributed by atoms with Crippen LogP contribution in [0, 0.1) is 35.3 Å². The van der Waals surface area contributed by atoms with Gasteiger partial charge in [-0.25, -0.2) is 8.78 Å². The van der Waals surface area contributed by atoms with Crippen LogP contribution in [0.1, 0.15) is 89.5 Å². The van der Waals surface area contributed by atoms with Crippen LogP contribution in [0.5, 0.6) is 5.75 Å². The summed E-state index contributed by atoms with van der Waals surface area (Å²) in [5.41, 5.74) is 0.509. The standard InChI is InChI=1S/C27H38F4O/c1-2-3-4-5-6-19-9-13-22(14-10-19)23-15-11-20(12-16-23)7-8-21-17-24(28)26(25(29)18-21)32-27(30)31/h4-5,17-20,22-23,27H,2-3,6-16H2,1H3/b5-4+/t19-,20-,22-,23-. The van der Waals surface area contributed by atoms with Gasteiger partial charge in [0.05, 0.1) is 0 Å². The van der Waals surface area contributed by atoms with Gasteiger partial charge in [0.25, 0.3) is 0 Å². The third kappa shape index (κ3) is 7.52. The van der Waals surface area contributed by atoms with E-state index in [0.29, 0.717) is 17.9 Å². The fourth-order valence-corrected chi connectivity index (χ4v) is 5.75. The largest absolute Gasteiger partial charge is 0.429 e. The molecular formula is C27H38F4O. The van der Waals surface area contributed by atoms with Crippen LogP contribution in [0.2, 0.25) is 0 Å². The van der Waals surface area contributed by atoms with E-state index in [1.165, 1.54) is 70.6 Å². The molecule has 0 radical (unpaired) electrons. The second-order valence-electron chi connectivity index (χ2n) is 9.86. The lowest BCUT2D eigenvalue weighted by Crippen LogP contribution is -2.26. The van der Waals surface area contributed by atoms with Crippen molar-refractivity contribution < 1.29 is 22.3 Å². The molecule has 0 atom stereocenters. The predicted octanol–water partition coefficient (Wildman–Crippen LogP) is 8.86. The minimum atomic E-state index is -3.24. The maximum atomic E-state index is 13.9. The number of benzene rings is 1. The summed E-state index contributed by atoms with van der Waals surface area (Å²) in [5.74, 6) is 0.0566. The van der Waals surface area contributed by atoms with Crippen LogP contribution in [-0.2, 0) is 6.42 Å². The Morgan fingerprint density at radius 1 is 0.875 bits per heavy atom. The quantitative estimate of drug-likeness (QED) is 0.253. The van der Waals surface area contributed by atoms with Gasteiger partial charge in [-0.2, -0.15) is 8.78 Å². The van der Waals surface area contributed by atoms with E-state index in [-0.39, 0.29) is 0 Å². The van der Waals surface area contributed by atoms with Crippen LogP contribution >= 0.6 is 0 Å². The maximum absolute atomic E-state index is 13.9. The Bertz CT molecular complexity index is 693. The number of unbranched alkanes of at least 4 members (excludes halogenated alkanes) is 1. The fourth-order valence-electron chi connectivity index (χ4n) is 5.75. The zero-order valence-electron chi connectivity index (χ0n) is 19.3. The molecule has 0 bridgehead atoms. The van der Waals surface area contributed by atoms with Gasteiger partial charge in [0.1, 0.15) is 0 Å². The molecule has 0 heterocycles. The van der Waals surface area contributed by atoms with E-state index in [2.05, 4.69) is 23.8 Å². The molecule has 1 aromatic rings. The molecule has 0 saturated heterocycles. The van der Waals surface area contributed by atoms with E-state index < -0.39 is 24.0 Å². The van der Waals surface area contributed by atoms with Crippen molar-refractivity contribution in [2.24, 2.45) is 23.7 Å². The Labute approximate surface area is 190 Å². The molecule has 1 aromatic carbocycles. The van der Waals surface area contributed by atoms with E-state index in [1.54, 1.807) is 0 Å². The van der Waals surface area contributed by atoms with Crippen molar-refractivity contribution >= 4 is 0 Å². The molecule has 0 spiro atoms. The molecule has 5 heteroatoms. The van der Waals surface area contributed by atoms with Crippen LogP contribution in [0.3, 0.4) is 0 Å². The number of halogens is 4. The average molecular weight is 455 g/mol. The molecule has 180 valence electrons. The highest BCUT2D eigenvalue weighted by molar-refractivity contribution is 5.31. The molecule has 2 saturated carbocycles. The van der Waals surface area contributed by atoms with Crippen LogP contribution in [0.4, 0.5) is 17.6 Å². The first-order valence-corrected chi connectivity index (χ1v) is 12.5. The van der Waals surface area contributed by atoms with E-state index >= 15 is 0 Å².